The molecule has 0 radical (unpaired) electrons. The molecule has 0 unspecified atom stereocenters. The van der Waals surface area contributed by atoms with E-state index in [-0.39, 0.29) is 24.7 Å². The number of ether oxygens (including phenoxy) is 1. The monoisotopic (exact) mass is 281 g/mol. The number of aliphatic carboxylic acids is 1. The maximum absolute atomic E-state index is 13.2. The highest BCUT2D eigenvalue weighted by atomic mass is 19.1. The number of benzene rings is 1. The molecular weight excluding hydrogens is 265 g/mol. The highest BCUT2D eigenvalue weighted by Crippen LogP contribution is 2.15. The molecule has 1 N–H and O–H groups in total. The summed E-state index contributed by atoms with van der Waals surface area (Å²) in [5.41, 5.74) is 0.811. The van der Waals surface area contributed by atoms with Gasteiger partial charge in [-0.3, -0.25) is 9.59 Å². The average molecular weight is 281 g/mol. The molecule has 1 aliphatic rings. The lowest BCUT2D eigenvalue weighted by Crippen LogP contribution is -2.46. The molecule has 1 fully saturated rings. The predicted molar refractivity (Wildman–Crippen MR) is 69.0 cm³/mol. The summed E-state index contributed by atoms with van der Waals surface area (Å²) < 4.78 is 18.5. The van der Waals surface area contributed by atoms with Gasteiger partial charge in [-0.1, -0.05) is 0 Å². The standard InChI is InChI=1S/C14H16FNO4/c1-9-6-10(2-3-12(9)15)14(19)16-4-5-20-11(8-16)7-13(17)18/h2-3,6,11H,4-5,7-8H2,1H3,(H,17,18)/t11-/m0/s1. The zero-order valence-electron chi connectivity index (χ0n) is 11.1. The summed E-state index contributed by atoms with van der Waals surface area (Å²) in [6.07, 6.45) is -0.626. The highest BCUT2D eigenvalue weighted by molar-refractivity contribution is 5.94. The second-order valence-corrected chi connectivity index (χ2v) is 4.81. The summed E-state index contributed by atoms with van der Waals surface area (Å²) in [5.74, 6) is -1.54. The first-order chi connectivity index (χ1) is 9.47. The highest BCUT2D eigenvalue weighted by Gasteiger charge is 2.26. The second-order valence-electron chi connectivity index (χ2n) is 4.81. The third kappa shape index (κ3) is 3.33. The Hall–Kier alpha value is -1.95. The fourth-order valence-corrected chi connectivity index (χ4v) is 2.18. The molecule has 0 aliphatic carbocycles. The Balaban J connectivity index is 2.08. The minimum absolute atomic E-state index is 0.133. The van der Waals surface area contributed by atoms with E-state index in [1.165, 1.54) is 18.2 Å². The number of amides is 1. The van der Waals surface area contributed by atoms with Crippen molar-refractivity contribution in [3.63, 3.8) is 0 Å². The number of hydrogen-bond donors (Lipinski definition) is 1. The molecule has 1 amide bonds. The number of carboxylic acids is 1. The summed E-state index contributed by atoms with van der Waals surface area (Å²) in [6.45, 7) is 2.55. The lowest BCUT2D eigenvalue weighted by Gasteiger charge is -2.32. The van der Waals surface area contributed by atoms with E-state index in [0.29, 0.717) is 24.3 Å². The molecular formula is C14H16FNO4. The minimum Gasteiger partial charge on any atom is -0.481 e. The molecule has 1 saturated heterocycles. The zero-order valence-corrected chi connectivity index (χ0v) is 11.1. The van der Waals surface area contributed by atoms with Gasteiger partial charge in [-0.25, -0.2) is 4.39 Å². The van der Waals surface area contributed by atoms with Gasteiger partial charge < -0.3 is 14.7 Å². The number of carbonyl (C=O) groups is 2. The first kappa shape index (κ1) is 14.5. The molecule has 1 atom stereocenters. The molecule has 1 aromatic carbocycles. The van der Waals surface area contributed by atoms with Crippen molar-refractivity contribution < 1.29 is 23.8 Å². The van der Waals surface area contributed by atoms with Crippen molar-refractivity contribution in [3.05, 3.63) is 35.1 Å². The Bertz CT molecular complexity index is 532. The van der Waals surface area contributed by atoms with Gasteiger partial charge in [0.15, 0.2) is 0 Å². The summed E-state index contributed by atoms with van der Waals surface area (Å²) in [6, 6.07) is 4.20. The van der Waals surface area contributed by atoms with Crippen molar-refractivity contribution >= 4 is 11.9 Å². The maximum atomic E-state index is 13.2. The molecule has 0 saturated carbocycles. The van der Waals surface area contributed by atoms with Crippen LogP contribution in [0.25, 0.3) is 0 Å². The molecule has 2 rings (SSSR count). The van der Waals surface area contributed by atoms with Crippen LogP contribution in [0.5, 0.6) is 0 Å². The number of aryl methyl sites for hydroxylation is 1. The van der Waals surface area contributed by atoms with E-state index in [4.69, 9.17) is 9.84 Å². The van der Waals surface area contributed by atoms with Gasteiger partial charge in [0.1, 0.15) is 5.82 Å². The third-order valence-corrected chi connectivity index (χ3v) is 3.23. The van der Waals surface area contributed by atoms with Crippen molar-refractivity contribution in [2.75, 3.05) is 19.7 Å². The van der Waals surface area contributed by atoms with Gasteiger partial charge in [-0.05, 0) is 30.7 Å². The lowest BCUT2D eigenvalue weighted by atomic mass is 10.1. The summed E-state index contributed by atoms with van der Waals surface area (Å²) in [7, 11) is 0. The van der Waals surface area contributed by atoms with Crippen LogP contribution in [0, 0.1) is 12.7 Å². The maximum Gasteiger partial charge on any atom is 0.306 e. The van der Waals surface area contributed by atoms with Gasteiger partial charge in [0.05, 0.1) is 19.1 Å². The molecule has 108 valence electrons. The van der Waals surface area contributed by atoms with Crippen molar-refractivity contribution in [1.29, 1.82) is 0 Å². The van der Waals surface area contributed by atoms with E-state index in [0.717, 1.165) is 0 Å². The van der Waals surface area contributed by atoms with E-state index in [2.05, 4.69) is 0 Å². The van der Waals surface area contributed by atoms with E-state index in [9.17, 15) is 14.0 Å². The fourth-order valence-electron chi connectivity index (χ4n) is 2.18. The third-order valence-electron chi connectivity index (χ3n) is 3.23. The Morgan fingerprint density at radius 2 is 2.25 bits per heavy atom. The van der Waals surface area contributed by atoms with E-state index < -0.39 is 12.1 Å². The van der Waals surface area contributed by atoms with Crippen molar-refractivity contribution in [2.24, 2.45) is 0 Å². The molecule has 0 bridgehead atoms. The van der Waals surface area contributed by atoms with E-state index >= 15 is 0 Å². The number of nitrogens with zero attached hydrogens (tertiary/aromatic N) is 1. The summed E-state index contributed by atoms with van der Waals surface area (Å²) in [4.78, 5) is 24.5. The Morgan fingerprint density at radius 1 is 1.50 bits per heavy atom. The van der Waals surface area contributed by atoms with Crippen LogP contribution in [0.1, 0.15) is 22.3 Å². The lowest BCUT2D eigenvalue weighted by molar-refractivity contribution is -0.141. The van der Waals surface area contributed by atoms with Crippen LogP contribution in [0.15, 0.2) is 18.2 Å². The van der Waals surface area contributed by atoms with Crippen LogP contribution in [0.4, 0.5) is 4.39 Å². The number of rotatable bonds is 3. The van der Waals surface area contributed by atoms with Gasteiger partial charge in [0.25, 0.3) is 5.91 Å². The Labute approximate surface area is 116 Å². The average Bonchev–Trinajstić information content (AvgIpc) is 2.40. The topological polar surface area (TPSA) is 66.8 Å². The molecule has 1 aromatic rings. The smallest absolute Gasteiger partial charge is 0.306 e. The van der Waals surface area contributed by atoms with Gasteiger partial charge >= 0.3 is 5.97 Å². The Morgan fingerprint density at radius 3 is 2.90 bits per heavy atom. The van der Waals surface area contributed by atoms with Gasteiger partial charge in [-0.2, -0.15) is 0 Å². The molecule has 0 spiro atoms. The number of halogens is 1. The SMILES string of the molecule is Cc1cc(C(=O)N2CCO[C@@H](CC(=O)O)C2)ccc1F. The first-order valence-corrected chi connectivity index (χ1v) is 6.36. The van der Waals surface area contributed by atoms with Crippen molar-refractivity contribution in [3.8, 4) is 0 Å². The molecule has 6 heteroatoms. The van der Waals surface area contributed by atoms with Crippen LogP contribution < -0.4 is 0 Å². The number of hydrogen-bond acceptors (Lipinski definition) is 3. The predicted octanol–water partition coefficient (Wildman–Crippen LogP) is 1.45. The first-order valence-electron chi connectivity index (χ1n) is 6.36. The molecule has 1 aliphatic heterocycles. The van der Waals surface area contributed by atoms with Gasteiger partial charge in [-0.15, -0.1) is 0 Å². The van der Waals surface area contributed by atoms with Crippen LogP contribution in [0.2, 0.25) is 0 Å². The minimum atomic E-state index is -0.957. The number of morpholine rings is 1. The number of carbonyl (C=O) groups excluding carboxylic acids is 1. The van der Waals surface area contributed by atoms with Gasteiger partial charge in [0, 0.05) is 18.7 Å². The van der Waals surface area contributed by atoms with Crippen LogP contribution in [-0.2, 0) is 9.53 Å². The fraction of sp³-hybridized carbons (Fsp3) is 0.429. The van der Waals surface area contributed by atoms with Crippen LogP contribution in [0.3, 0.4) is 0 Å². The zero-order chi connectivity index (χ0) is 14.7. The number of carboxylic acid groups (broad SMARTS) is 1. The summed E-state index contributed by atoms with van der Waals surface area (Å²) >= 11 is 0. The summed E-state index contributed by atoms with van der Waals surface area (Å²) in [5, 5.41) is 8.75. The molecule has 5 nitrogen and oxygen atoms in total. The second kappa shape index (κ2) is 6.00. The van der Waals surface area contributed by atoms with Gasteiger partial charge in [0.2, 0.25) is 0 Å². The largest absolute Gasteiger partial charge is 0.481 e. The molecule has 1 heterocycles. The normalized spacial score (nSPS) is 18.9. The van der Waals surface area contributed by atoms with Crippen molar-refractivity contribution in [2.45, 2.75) is 19.4 Å². The van der Waals surface area contributed by atoms with E-state index in [1.807, 2.05) is 0 Å². The van der Waals surface area contributed by atoms with Crippen molar-refractivity contribution in [1.82, 2.24) is 4.90 Å². The quantitative estimate of drug-likeness (QED) is 0.910. The molecule has 0 aromatic heterocycles. The Kier molecular flexibility index (Phi) is 4.34. The van der Waals surface area contributed by atoms with Crippen LogP contribution >= 0.6 is 0 Å². The van der Waals surface area contributed by atoms with E-state index in [1.54, 1.807) is 11.8 Å². The molecule has 20 heavy (non-hydrogen) atoms. The van der Waals surface area contributed by atoms with Crippen LogP contribution in [-0.4, -0.2) is 47.7 Å².